The number of ether oxygens (including phenoxy) is 2. The zero-order valence-corrected chi connectivity index (χ0v) is 34.9. The molecule has 1 aromatic rings. The third kappa shape index (κ3) is 11.9. The van der Waals surface area contributed by atoms with Crippen LogP contribution < -0.4 is 96.1 Å². The van der Waals surface area contributed by atoms with E-state index >= 15 is 0 Å². The summed E-state index contributed by atoms with van der Waals surface area (Å²) in [6.45, 7) is -2.10. The molecule has 9 N–H and O–H groups in total. The van der Waals surface area contributed by atoms with Crippen LogP contribution in [0, 0.1) is 0 Å². The number of unbranched alkanes of at least 4 members (excludes halogenated alkanes) is 1. The number of rotatable bonds is 15. The van der Waals surface area contributed by atoms with Crippen molar-refractivity contribution in [2.75, 3.05) is 19.0 Å². The average molecular weight is 836 g/mol. The minimum Gasteiger partial charge on any atom is -0.756 e. The molecular weight excluding hydrogens is 798 g/mol. The Hall–Kier alpha value is -0.250. The first-order valence-corrected chi connectivity index (χ1v) is 19.6. The Morgan fingerprint density at radius 1 is 1.00 bits per heavy atom. The number of H-pyrrole nitrogens is 1. The molecule has 0 spiro atoms. The van der Waals surface area contributed by atoms with E-state index in [1.165, 1.54) is 0 Å². The molecule has 0 bridgehead atoms. The van der Waals surface area contributed by atoms with Gasteiger partial charge in [0.2, 0.25) is 5.91 Å². The maximum Gasteiger partial charge on any atom is 1.00 e. The van der Waals surface area contributed by atoms with E-state index in [1.807, 2.05) is 4.98 Å². The summed E-state index contributed by atoms with van der Waals surface area (Å²) in [4.78, 5) is 74.8. The number of thioether (sulfide) groups is 1. The van der Waals surface area contributed by atoms with E-state index in [0.717, 1.165) is 18.0 Å². The van der Waals surface area contributed by atoms with Crippen LogP contribution in [0.15, 0.2) is 21.9 Å². The number of fused-ring (bicyclic) bond motifs is 1. The van der Waals surface area contributed by atoms with Gasteiger partial charge in [-0.05, 0) is 12.8 Å². The topological polar surface area (TPSA) is 353 Å². The zero-order chi connectivity index (χ0) is 37.2. The number of aliphatic hydroxyl groups excluding tert-OH is 5. The molecule has 5 rings (SSSR count). The van der Waals surface area contributed by atoms with Gasteiger partial charge in [-0.25, -0.2) is 13.9 Å². The molecule has 0 radical (unpaired) electrons. The van der Waals surface area contributed by atoms with E-state index in [0.29, 0.717) is 23.8 Å². The Labute approximate surface area is 348 Å². The number of aromatic nitrogens is 2. The second-order valence-electron chi connectivity index (χ2n) is 12.1. The molecular formula is C25H37N5Na2O18P2S. The number of nitrogens with one attached hydrogen (secondary N) is 4. The molecule has 2 unspecified atom stereocenters. The van der Waals surface area contributed by atoms with Gasteiger partial charge in [0, 0.05) is 29.7 Å². The van der Waals surface area contributed by atoms with Crippen LogP contribution in [-0.2, 0) is 36.8 Å². The Balaban J connectivity index is 0.00000378. The quantitative estimate of drug-likeness (QED) is 0.0343. The van der Waals surface area contributed by atoms with Gasteiger partial charge in [0.25, 0.3) is 21.2 Å². The van der Waals surface area contributed by atoms with Gasteiger partial charge in [-0.15, -0.1) is 0 Å². The first-order chi connectivity index (χ1) is 24.0. The second-order valence-corrected chi connectivity index (χ2v) is 16.3. The molecule has 14 atom stereocenters. The van der Waals surface area contributed by atoms with E-state index < -0.39 is 101 Å². The van der Waals surface area contributed by atoms with Gasteiger partial charge < -0.3 is 65.3 Å². The van der Waals surface area contributed by atoms with Gasteiger partial charge in [-0.2, -0.15) is 11.8 Å². The van der Waals surface area contributed by atoms with E-state index in [9.17, 15) is 63.6 Å². The van der Waals surface area contributed by atoms with Crippen LogP contribution in [-0.4, -0.2) is 132 Å². The summed E-state index contributed by atoms with van der Waals surface area (Å²) >= 11 is 1.69. The number of phosphoric acid groups is 2. The molecule has 0 aromatic carbocycles. The van der Waals surface area contributed by atoms with Crippen LogP contribution in [0.4, 0.5) is 4.79 Å². The molecule has 4 aliphatic heterocycles. The van der Waals surface area contributed by atoms with Crippen molar-refractivity contribution in [3.05, 3.63) is 33.1 Å². The molecule has 28 heteroatoms. The third-order valence-electron chi connectivity index (χ3n) is 8.58. The maximum atomic E-state index is 12.8. The fraction of sp³-hybridized carbons (Fsp3) is 0.760. The van der Waals surface area contributed by atoms with Crippen molar-refractivity contribution in [2.45, 2.75) is 98.2 Å². The first-order valence-electron chi connectivity index (χ1n) is 15.6. The molecule has 0 saturated carbocycles. The summed E-state index contributed by atoms with van der Waals surface area (Å²) in [6.07, 6.45) is -12.2. The van der Waals surface area contributed by atoms with Crippen LogP contribution in [0.25, 0.3) is 0 Å². The number of aromatic amines is 1. The van der Waals surface area contributed by atoms with Gasteiger partial charge in [0.05, 0.1) is 25.3 Å². The summed E-state index contributed by atoms with van der Waals surface area (Å²) in [5.41, 5.74) is -1.80. The van der Waals surface area contributed by atoms with Crippen LogP contribution in [0.1, 0.15) is 31.9 Å². The molecule has 53 heavy (non-hydrogen) atoms. The molecule has 0 aliphatic carbocycles. The number of carbonyl (C=O) groups excluding carboxylic acids is 2. The van der Waals surface area contributed by atoms with Gasteiger partial charge in [0.1, 0.15) is 42.7 Å². The smallest absolute Gasteiger partial charge is 0.756 e. The summed E-state index contributed by atoms with van der Waals surface area (Å²) in [6, 6.07) is -1.14. The van der Waals surface area contributed by atoms with Gasteiger partial charge in [0.15, 0.2) is 12.5 Å². The van der Waals surface area contributed by atoms with Crippen LogP contribution in [0.5, 0.6) is 0 Å². The zero-order valence-electron chi connectivity index (χ0n) is 28.3. The molecule has 4 fully saturated rings. The van der Waals surface area contributed by atoms with Crippen molar-refractivity contribution in [3.8, 4) is 0 Å². The summed E-state index contributed by atoms with van der Waals surface area (Å²) in [5.74, 6) is 0.0253. The largest absolute Gasteiger partial charge is 1.00 e. The average Bonchev–Trinajstić information content (AvgIpc) is 3.69. The van der Waals surface area contributed by atoms with Crippen LogP contribution >= 0.6 is 27.4 Å². The SMILES string of the molecule is O=C(CCCC[C@@H]1SC[C@@H]2NC(=O)N[C@@H]21)N[C@H]1[C@@H](OP(=O)([O-])OP(=O)([O-])OC[C@H]2O[C@@H](n3ccc(=O)[nH]c3=O)[C@H](O)[C@@H]2O)O[C@H](CO)[C@@H](O)[C@@H]1O.[Na+].[Na+]. The fourth-order valence-corrected chi connectivity index (χ4v) is 9.67. The molecule has 23 nitrogen and oxygen atoms in total. The number of amides is 3. The van der Waals surface area contributed by atoms with Gasteiger partial charge >= 0.3 is 70.8 Å². The van der Waals surface area contributed by atoms with Gasteiger partial charge in [-0.1, -0.05) is 6.42 Å². The van der Waals surface area contributed by atoms with Crippen molar-refractivity contribution in [1.82, 2.24) is 25.5 Å². The number of aliphatic hydroxyl groups is 5. The van der Waals surface area contributed by atoms with Crippen molar-refractivity contribution in [1.29, 1.82) is 0 Å². The van der Waals surface area contributed by atoms with Crippen molar-refractivity contribution >= 4 is 39.3 Å². The third-order valence-corrected chi connectivity index (χ3v) is 12.6. The number of urea groups is 1. The molecule has 4 aliphatic rings. The van der Waals surface area contributed by atoms with E-state index in [-0.39, 0.29) is 88.9 Å². The molecule has 4 saturated heterocycles. The Bertz CT molecular complexity index is 1650. The summed E-state index contributed by atoms with van der Waals surface area (Å²) in [7, 11) is -11.9. The molecule has 288 valence electrons. The number of hydrogen-bond donors (Lipinski definition) is 9. The van der Waals surface area contributed by atoms with E-state index in [2.05, 4.69) is 24.8 Å². The number of phosphoric ester groups is 2. The Morgan fingerprint density at radius 2 is 1.70 bits per heavy atom. The predicted octanol–water partition coefficient (Wildman–Crippen LogP) is -11.2. The predicted molar refractivity (Wildman–Crippen MR) is 164 cm³/mol. The van der Waals surface area contributed by atoms with Gasteiger partial charge in [-0.3, -0.25) is 32.8 Å². The first kappa shape index (κ1) is 47.1. The number of nitrogens with zero attached hydrogens (tertiary/aromatic N) is 1. The number of carbonyl (C=O) groups is 2. The number of hydrogen-bond acceptors (Lipinski definition) is 19. The summed E-state index contributed by atoms with van der Waals surface area (Å²) in [5, 5.41) is 59.2. The minimum atomic E-state index is -6.03. The molecule has 5 heterocycles. The monoisotopic (exact) mass is 835 g/mol. The van der Waals surface area contributed by atoms with Crippen molar-refractivity contribution in [2.24, 2.45) is 0 Å². The summed E-state index contributed by atoms with van der Waals surface area (Å²) < 4.78 is 49.6. The van der Waals surface area contributed by atoms with Crippen LogP contribution in [0.3, 0.4) is 0 Å². The maximum absolute atomic E-state index is 12.8. The van der Waals surface area contributed by atoms with Crippen molar-refractivity contribution < 1.29 is 136 Å². The second kappa shape index (κ2) is 19.9. The van der Waals surface area contributed by atoms with E-state index in [1.54, 1.807) is 11.8 Å². The standard InChI is InChI=1S/C25H39N5O18P2S.2Na/c31-7-11-18(34)20(36)17(27-14(32)4-2-1-3-13-16-10(9-51-13)26-24(38)29-16)23(46-11)47-50(42,43)48-49(40,41)44-8-12-19(35)21(37)22(45-12)30-6-5-15(33)28-25(30)39;;/h5-6,10-13,16-23,31,34-37H,1-4,7-9H2,(H,27,32)(H,40,41)(H,42,43)(H2,26,29,38)(H,28,33,39);;/q;2*+1/p-2/t10-,11+,12+,13-,16-,17+,18+,19+,20+,21+,22+,23+;;/m0../s1. The minimum absolute atomic E-state index is 0. The van der Waals surface area contributed by atoms with Crippen molar-refractivity contribution in [3.63, 3.8) is 0 Å². The normalized spacial score (nSPS) is 35.8. The van der Waals surface area contributed by atoms with E-state index in [4.69, 9.17) is 14.0 Å². The molecule has 3 amide bonds. The van der Waals surface area contributed by atoms with Crippen LogP contribution in [0.2, 0.25) is 0 Å². The Kier molecular flexibility index (Phi) is 17.7. The Morgan fingerprint density at radius 3 is 2.38 bits per heavy atom. The molecule has 1 aromatic heterocycles. The fourth-order valence-electron chi connectivity index (χ4n) is 6.04.